The number of nitrogens with zero attached hydrogens (tertiary/aromatic N) is 3. The Bertz CT molecular complexity index is 639. The van der Waals surface area contributed by atoms with Gasteiger partial charge in [-0.2, -0.15) is 0 Å². The highest BCUT2D eigenvalue weighted by Crippen LogP contribution is 2.30. The third kappa shape index (κ3) is 3.85. The summed E-state index contributed by atoms with van der Waals surface area (Å²) >= 11 is 1.28. The summed E-state index contributed by atoms with van der Waals surface area (Å²) in [5.41, 5.74) is 0. The van der Waals surface area contributed by atoms with Crippen molar-refractivity contribution in [1.82, 2.24) is 20.1 Å². The Kier molecular flexibility index (Phi) is 5.04. The van der Waals surface area contributed by atoms with Gasteiger partial charge in [-0.25, -0.2) is 8.42 Å². The molecule has 2 rings (SSSR count). The number of sulfone groups is 1. The molecule has 1 fully saturated rings. The summed E-state index contributed by atoms with van der Waals surface area (Å²) in [4.78, 5) is 11.3. The molecular weight excluding hydrogens is 312 g/mol. The average molecular weight is 330 g/mol. The van der Waals surface area contributed by atoms with E-state index in [1.807, 2.05) is 4.57 Å². The van der Waals surface area contributed by atoms with Crippen molar-refractivity contribution in [2.75, 3.05) is 24.3 Å². The normalized spacial score (nSPS) is 20.3. The molecule has 2 heterocycles. The van der Waals surface area contributed by atoms with Gasteiger partial charge in [-0.15, -0.1) is 16.8 Å². The number of amides is 1. The van der Waals surface area contributed by atoms with Crippen LogP contribution in [-0.4, -0.2) is 53.4 Å². The molecule has 1 saturated heterocycles. The van der Waals surface area contributed by atoms with Gasteiger partial charge in [0.25, 0.3) is 0 Å². The molecule has 1 aliphatic heterocycles. The fraction of sp³-hybridized carbons (Fsp3) is 0.583. The van der Waals surface area contributed by atoms with Crippen LogP contribution in [0, 0.1) is 0 Å². The SMILES string of the molecule is C=CCn1c(SCC(=O)NC)nnc1[C@@H]1CCS(=O)(=O)C1. The number of allylic oxidation sites excluding steroid dienone is 1. The summed E-state index contributed by atoms with van der Waals surface area (Å²) in [6.07, 6.45) is 2.28. The number of aromatic nitrogens is 3. The van der Waals surface area contributed by atoms with E-state index in [1.165, 1.54) is 11.8 Å². The van der Waals surface area contributed by atoms with Crippen molar-refractivity contribution in [2.45, 2.75) is 24.0 Å². The third-order valence-electron chi connectivity index (χ3n) is 3.27. The van der Waals surface area contributed by atoms with Crippen LogP contribution in [0.1, 0.15) is 18.2 Å². The van der Waals surface area contributed by atoms with Crippen molar-refractivity contribution in [2.24, 2.45) is 0 Å². The van der Waals surface area contributed by atoms with Crippen molar-refractivity contribution in [3.63, 3.8) is 0 Å². The first-order valence-electron chi connectivity index (χ1n) is 6.54. The Hall–Kier alpha value is -1.35. The van der Waals surface area contributed by atoms with E-state index in [9.17, 15) is 13.2 Å². The molecule has 1 aromatic rings. The lowest BCUT2D eigenvalue weighted by Crippen LogP contribution is -2.20. The van der Waals surface area contributed by atoms with Crippen molar-refractivity contribution in [3.05, 3.63) is 18.5 Å². The number of thioether (sulfide) groups is 1. The van der Waals surface area contributed by atoms with Crippen molar-refractivity contribution in [3.8, 4) is 0 Å². The highest BCUT2D eigenvalue weighted by molar-refractivity contribution is 7.99. The summed E-state index contributed by atoms with van der Waals surface area (Å²) in [6.45, 7) is 4.20. The number of rotatable bonds is 6. The molecule has 0 aromatic carbocycles. The summed E-state index contributed by atoms with van der Waals surface area (Å²) in [5.74, 6) is 0.988. The van der Waals surface area contributed by atoms with Gasteiger partial charge in [0.15, 0.2) is 15.0 Å². The van der Waals surface area contributed by atoms with Crippen molar-refractivity contribution >= 4 is 27.5 Å². The topological polar surface area (TPSA) is 93.9 Å². The van der Waals surface area contributed by atoms with E-state index in [0.717, 1.165) is 0 Å². The van der Waals surface area contributed by atoms with Crippen LogP contribution in [0.5, 0.6) is 0 Å². The molecule has 21 heavy (non-hydrogen) atoms. The van der Waals surface area contributed by atoms with Gasteiger partial charge in [0, 0.05) is 19.5 Å². The number of nitrogens with one attached hydrogen (secondary N) is 1. The number of hydrogen-bond donors (Lipinski definition) is 1. The maximum absolute atomic E-state index is 11.6. The van der Waals surface area contributed by atoms with Gasteiger partial charge in [0.2, 0.25) is 5.91 Å². The fourth-order valence-corrected chi connectivity index (χ4v) is 4.78. The highest BCUT2D eigenvalue weighted by atomic mass is 32.2. The van der Waals surface area contributed by atoms with Gasteiger partial charge >= 0.3 is 0 Å². The standard InChI is InChI=1S/C12H18N4O3S2/c1-3-5-16-11(9-4-6-21(18,19)8-9)14-15-12(16)20-7-10(17)13-2/h3,9H,1,4-8H2,2H3,(H,13,17)/t9-/m1/s1. The van der Waals surface area contributed by atoms with Crippen LogP contribution in [0.3, 0.4) is 0 Å². The minimum absolute atomic E-state index is 0.0989. The second-order valence-corrected chi connectivity index (χ2v) is 7.97. The monoisotopic (exact) mass is 330 g/mol. The quantitative estimate of drug-likeness (QED) is 0.592. The van der Waals surface area contributed by atoms with E-state index in [4.69, 9.17) is 0 Å². The number of hydrogen-bond acceptors (Lipinski definition) is 6. The zero-order valence-corrected chi connectivity index (χ0v) is 13.4. The zero-order valence-electron chi connectivity index (χ0n) is 11.8. The molecule has 0 aliphatic carbocycles. The molecule has 7 nitrogen and oxygen atoms in total. The predicted molar refractivity (Wildman–Crippen MR) is 81.0 cm³/mol. The Morgan fingerprint density at radius 2 is 2.33 bits per heavy atom. The van der Waals surface area contributed by atoms with Gasteiger partial charge < -0.3 is 9.88 Å². The molecule has 9 heteroatoms. The van der Waals surface area contributed by atoms with Crippen LogP contribution in [0.15, 0.2) is 17.8 Å². The molecule has 1 aromatic heterocycles. The summed E-state index contributed by atoms with van der Waals surface area (Å²) in [7, 11) is -1.40. The van der Waals surface area contributed by atoms with Gasteiger partial charge in [-0.1, -0.05) is 17.8 Å². The molecule has 116 valence electrons. The Balaban J connectivity index is 2.20. The molecule has 1 aliphatic rings. The first-order valence-corrected chi connectivity index (χ1v) is 9.35. The molecule has 1 amide bonds. The summed E-state index contributed by atoms with van der Waals surface area (Å²) in [5, 5.41) is 11.4. The number of carbonyl (C=O) groups excluding carboxylic acids is 1. The van der Waals surface area contributed by atoms with Crippen LogP contribution in [0.25, 0.3) is 0 Å². The Labute approximate surface area is 128 Å². The first-order chi connectivity index (χ1) is 9.96. The van der Waals surface area contributed by atoms with Gasteiger partial charge in [0.1, 0.15) is 5.82 Å². The molecule has 0 radical (unpaired) electrons. The largest absolute Gasteiger partial charge is 0.358 e. The summed E-state index contributed by atoms with van der Waals surface area (Å²) < 4.78 is 25.1. The minimum atomic E-state index is -2.97. The zero-order chi connectivity index (χ0) is 15.5. The van der Waals surface area contributed by atoms with Crippen LogP contribution in [-0.2, 0) is 21.2 Å². The average Bonchev–Trinajstić information content (AvgIpc) is 3.00. The van der Waals surface area contributed by atoms with Crippen molar-refractivity contribution in [1.29, 1.82) is 0 Å². The number of carbonyl (C=O) groups is 1. The van der Waals surface area contributed by atoms with E-state index in [-0.39, 0.29) is 29.1 Å². The van der Waals surface area contributed by atoms with E-state index >= 15 is 0 Å². The Morgan fingerprint density at radius 3 is 2.90 bits per heavy atom. The highest BCUT2D eigenvalue weighted by Gasteiger charge is 2.33. The molecule has 0 saturated carbocycles. The fourth-order valence-electron chi connectivity index (χ4n) is 2.21. The molecular formula is C12H18N4O3S2. The van der Waals surface area contributed by atoms with Crippen LogP contribution < -0.4 is 5.32 Å². The molecule has 1 N–H and O–H groups in total. The maximum atomic E-state index is 11.6. The second-order valence-electron chi connectivity index (χ2n) is 4.80. The lowest BCUT2D eigenvalue weighted by molar-refractivity contribution is -0.118. The lowest BCUT2D eigenvalue weighted by atomic mass is 10.1. The van der Waals surface area contributed by atoms with Gasteiger partial charge in [0.05, 0.1) is 17.3 Å². The van der Waals surface area contributed by atoms with Gasteiger partial charge in [-0.05, 0) is 6.42 Å². The third-order valence-corrected chi connectivity index (χ3v) is 6.00. The first kappa shape index (κ1) is 16.0. The van der Waals surface area contributed by atoms with E-state index < -0.39 is 9.84 Å². The molecule has 0 unspecified atom stereocenters. The predicted octanol–water partition coefficient (Wildman–Crippen LogP) is 0.204. The maximum Gasteiger partial charge on any atom is 0.230 e. The molecule has 0 spiro atoms. The Morgan fingerprint density at radius 1 is 1.57 bits per heavy atom. The van der Waals surface area contributed by atoms with Crippen LogP contribution in [0.4, 0.5) is 0 Å². The smallest absolute Gasteiger partial charge is 0.230 e. The van der Waals surface area contributed by atoms with Gasteiger partial charge in [-0.3, -0.25) is 4.79 Å². The molecule has 0 bridgehead atoms. The summed E-state index contributed by atoms with van der Waals surface area (Å²) in [6, 6.07) is 0. The second kappa shape index (κ2) is 6.61. The van der Waals surface area contributed by atoms with E-state index in [1.54, 1.807) is 13.1 Å². The van der Waals surface area contributed by atoms with Crippen molar-refractivity contribution < 1.29 is 13.2 Å². The van der Waals surface area contributed by atoms with Crippen LogP contribution in [0.2, 0.25) is 0 Å². The van der Waals surface area contributed by atoms with Crippen LogP contribution >= 0.6 is 11.8 Å². The minimum Gasteiger partial charge on any atom is -0.358 e. The van der Waals surface area contributed by atoms with E-state index in [2.05, 4.69) is 22.1 Å². The van der Waals surface area contributed by atoms with E-state index in [0.29, 0.717) is 23.9 Å². The lowest BCUT2D eigenvalue weighted by Gasteiger charge is -2.10. The molecule has 1 atom stereocenters.